The second kappa shape index (κ2) is 8.37. The maximum Gasteiger partial charge on any atom is 0.233 e. The Morgan fingerprint density at radius 2 is 1.97 bits per heavy atom. The number of nitrogens with zero attached hydrogens (tertiary/aromatic N) is 4. The molecule has 0 amide bonds. The maximum atomic E-state index is 10.5. The molecule has 4 heterocycles. The molecule has 3 aliphatic rings. The lowest BCUT2D eigenvalue weighted by Gasteiger charge is -2.38. The van der Waals surface area contributed by atoms with Crippen molar-refractivity contribution in [2.75, 3.05) is 36.5 Å². The third-order valence-corrected chi connectivity index (χ3v) is 7.60. The van der Waals surface area contributed by atoms with Crippen LogP contribution < -0.4 is 19.9 Å². The number of rotatable bonds is 3. The van der Waals surface area contributed by atoms with Crippen molar-refractivity contribution in [1.82, 2.24) is 10.3 Å². The predicted octanol–water partition coefficient (Wildman–Crippen LogP) is 3.31. The van der Waals surface area contributed by atoms with Crippen LogP contribution in [0.1, 0.15) is 35.1 Å². The zero-order valence-corrected chi connectivity index (χ0v) is 19.7. The number of phenols is 1. The molecule has 0 spiro atoms. The number of hydrogen-bond donors (Lipinski definition) is 2. The maximum absolute atomic E-state index is 10.5. The molecule has 7 nitrogen and oxygen atoms in total. The molecule has 2 N–H and O–H groups in total. The van der Waals surface area contributed by atoms with Gasteiger partial charge in [0.15, 0.2) is 0 Å². The van der Waals surface area contributed by atoms with Crippen molar-refractivity contribution in [1.29, 1.82) is 5.26 Å². The third-order valence-electron chi connectivity index (χ3n) is 7.60. The van der Waals surface area contributed by atoms with E-state index in [4.69, 9.17) is 16.1 Å². The van der Waals surface area contributed by atoms with Gasteiger partial charge >= 0.3 is 0 Å². The first-order chi connectivity index (χ1) is 17.1. The quantitative estimate of drug-likeness (QED) is 0.574. The highest BCUT2D eigenvalue weighted by Crippen LogP contribution is 2.40. The average molecular weight is 466 g/mol. The molecule has 2 unspecified atom stereocenters. The summed E-state index contributed by atoms with van der Waals surface area (Å²) >= 11 is 0. The highest BCUT2D eigenvalue weighted by atomic mass is 16.5. The molecule has 2 aromatic carbocycles. The van der Waals surface area contributed by atoms with Crippen LogP contribution in [-0.2, 0) is 13.0 Å². The SMILES string of the molecule is C#Cc1cccc2cc(O)cc(N3CCc4c(N5CC6CCC(C5)N6)nc(OC)c(C#N)c4C3)c12. The molecule has 0 saturated carbocycles. The van der Waals surface area contributed by atoms with E-state index in [1.807, 2.05) is 18.2 Å². The first-order valence-electron chi connectivity index (χ1n) is 12.1. The molecule has 6 rings (SSSR count). The molecule has 2 saturated heterocycles. The van der Waals surface area contributed by atoms with Gasteiger partial charge in [-0.2, -0.15) is 10.2 Å². The van der Waals surface area contributed by atoms with Gasteiger partial charge in [-0.25, -0.2) is 0 Å². The fraction of sp³-hybridized carbons (Fsp3) is 0.357. The molecule has 7 heteroatoms. The van der Waals surface area contributed by atoms with Gasteiger partial charge in [-0.3, -0.25) is 0 Å². The topological polar surface area (TPSA) is 84.7 Å². The number of fused-ring (bicyclic) bond motifs is 4. The standard InChI is InChI=1S/C28H27N5O2/c1-3-17-5-4-6-18-11-21(34)12-25(26(17)18)32-10-9-22-24(16-32)23(13-29)28(35-2)31-27(22)33-14-19-7-8-20(15-33)30-19/h1,4-6,11-12,19-20,30,34H,7-10,14-16H2,2H3. The van der Waals surface area contributed by atoms with Crippen LogP contribution >= 0.6 is 0 Å². The van der Waals surface area contributed by atoms with Gasteiger partial charge in [-0.15, -0.1) is 6.42 Å². The fourth-order valence-corrected chi connectivity index (χ4v) is 6.05. The minimum absolute atomic E-state index is 0.192. The summed E-state index contributed by atoms with van der Waals surface area (Å²) in [5, 5.41) is 26.1. The Bertz CT molecular complexity index is 1410. The number of hydrogen-bond acceptors (Lipinski definition) is 7. The van der Waals surface area contributed by atoms with Gasteiger partial charge in [0.2, 0.25) is 5.88 Å². The second-order valence-electron chi connectivity index (χ2n) is 9.62. The van der Waals surface area contributed by atoms with Crippen LogP contribution in [0.2, 0.25) is 0 Å². The van der Waals surface area contributed by atoms with Gasteiger partial charge in [0, 0.05) is 72.1 Å². The average Bonchev–Trinajstić information content (AvgIpc) is 3.23. The summed E-state index contributed by atoms with van der Waals surface area (Å²) in [6.45, 7) is 3.07. The van der Waals surface area contributed by atoms with Crippen LogP contribution in [0.25, 0.3) is 10.8 Å². The Morgan fingerprint density at radius 3 is 2.69 bits per heavy atom. The summed E-state index contributed by atoms with van der Waals surface area (Å²) in [5.74, 6) is 4.30. The summed E-state index contributed by atoms with van der Waals surface area (Å²) in [7, 11) is 1.57. The van der Waals surface area contributed by atoms with Crippen LogP contribution in [0.15, 0.2) is 30.3 Å². The minimum Gasteiger partial charge on any atom is -0.508 e. The number of phenolic OH excluding ortho intramolecular Hbond substituents is 1. The van der Waals surface area contributed by atoms with Crippen molar-refractivity contribution in [2.45, 2.75) is 37.9 Å². The lowest BCUT2D eigenvalue weighted by atomic mass is 9.94. The molecule has 35 heavy (non-hydrogen) atoms. The highest BCUT2D eigenvalue weighted by molar-refractivity contribution is 6.00. The molecular weight excluding hydrogens is 438 g/mol. The molecule has 2 bridgehead atoms. The van der Waals surface area contributed by atoms with Crippen molar-refractivity contribution >= 4 is 22.3 Å². The number of ether oxygens (including phenoxy) is 1. The van der Waals surface area contributed by atoms with Crippen LogP contribution in [-0.4, -0.2) is 48.9 Å². The zero-order valence-electron chi connectivity index (χ0n) is 19.7. The fourth-order valence-electron chi connectivity index (χ4n) is 6.05. The number of piperazine rings is 1. The third kappa shape index (κ3) is 3.51. The number of nitrogens with one attached hydrogen (secondary N) is 1. The number of benzene rings is 2. The van der Waals surface area contributed by atoms with E-state index >= 15 is 0 Å². The largest absolute Gasteiger partial charge is 0.508 e. The zero-order chi connectivity index (χ0) is 24.1. The molecule has 1 aromatic heterocycles. The predicted molar refractivity (Wildman–Crippen MR) is 136 cm³/mol. The Kier molecular flexibility index (Phi) is 5.16. The number of aromatic hydroxyl groups is 1. The van der Waals surface area contributed by atoms with E-state index < -0.39 is 0 Å². The van der Waals surface area contributed by atoms with Gasteiger partial charge in [0.1, 0.15) is 23.2 Å². The first-order valence-corrected chi connectivity index (χ1v) is 12.1. The number of anilines is 2. The van der Waals surface area contributed by atoms with Gasteiger partial charge in [0.25, 0.3) is 0 Å². The number of nitriles is 1. The van der Waals surface area contributed by atoms with Crippen LogP contribution in [0.3, 0.4) is 0 Å². The van der Waals surface area contributed by atoms with Crippen molar-refractivity contribution < 1.29 is 9.84 Å². The van der Waals surface area contributed by atoms with Gasteiger partial charge in [-0.1, -0.05) is 18.1 Å². The van der Waals surface area contributed by atoms with Crippen LogP contribution in [0, 0.1) is 23.7 Å². The Hall–Kier alpha value is -3.94. The smallest absolute Gasteiger partial charge is 0.233 e. The Labute approximate surface area is 204 Å². The van der Waals surface area contributed by atoms with E-state index in [0.29, 0.717) is 30.1 Å². The van der Waals surface area contributed by atoms with Crippen molar-refractivity contribution in [3.05, 3.63) is 52.6 Å². The summed E-state index contributed by atoms with van der Waals surface area (Å²) < 4.78 is 5.61. The van der Waals surface area contributed by atoms with Crippen molar-refractivity contribution in [3.8, 4) is 30.0 Å². The van der Waals surface area contributed by atoms with Crippen molar-refractivity contribution in [2.24, 2.45) is 0 Å². The summed E-state index contributed by atoms with van der Waals surface area (Å²) in [5.41, 5.74) is 4.21. The van der Waals surface area contributed by atoms with Crippen molar-refractivity contribution in [3.63, 3.8) is 0 Å². The summed E-state index contributed by atoms with van der Waals surface area (Å²) in [4.78, 5) is 9.43. The number of terminal acetylenes is 1. The van der Waals surface area contributed by atoms with E-state index in [0.717, 1.165) is 65.0 Å². The summed E-state index contributed by atoms with van der Waals surface area (Å²) in [6.07, 6.45) is 8.95. The molecule has 2 fully saturated rings. The van der Waals surface area contributed by atoms with E-state index in [-0.39, 0.29) is 5.75 Å². The molecule has 3 aromatic rings. The van der Waals surface area contributed by atoms with E-state index in [2.05, 4.69) is 27.1 Å². The molecular formula is C28H27N5O2. The summed E-state index contributed by atoms with van der Waals surface area (Å²) in [6, 6.07) is 12.6. The minimum atomic E-state index is 0.192. The number of pyridine rings is 1. The lowest BCUT2D eigenvalue weighted by Crippen LogP contribution is -2.52. The monoisotopic (exact) mass is 465 g/mol. The molecule has 0 aliphatic carbocycles. The van der Waals surface area contributed by atoms with Gasteiger partial charge < -0.3 is 25.0 Å². The first kappa shape index (κ1) is 21.6. The molecule has 2 atom stereocenters. The molecule has 3 aliphatic heterocycles. The highest BCUT2D eigenvalue weighted by Gasteiger charge is 2.36. The van der Waals surface area contributed by atoms with Crippen LogP contribution in [0.5, 0.6) is 11.6 Å². The Morgan fingerprint density at radius 1 is 1.17 bits per heavy atom. The molecule has 176 valence electrons. The van der Waals surface area contributed by atoms with Crippen LogP contribution in [0.4, 0.5) is 11.5 Å². The van der Waals surface area contributed by atoms with Gasteiger partial charge in [-0.05, 0) is 36.8 Å². The number of methoxy groups -OCH3 is 1. The van der Waals surface area contributed by atoms with Gasteiger partial charge in [0.05, 0.1) is 7.11 Å². The van der Waals surface area contributed by atoms with E-state index in [9.17, 15) is 10.4 Å². The number of aromatic nitrogens is 1. The van der Waals surface area contributed by atoms with E-state index in [1.165, 1.54) is 12.8 Å². The second-order valence-corrected chi connectivity index (χ2v) is 9.62. The van der Waals surface area contributed by atoms with E-state index in [1.54, 1.807) is 19.2 Å². The molecule has 0 radical (unpaired) electrons. The lowest BCUT2D eigenvalue weighted by molar-refractivity contribution is 0.393. The Balaban J connectivity index is 1.47. The normalized spacial score (nSPS) is 20.9.